The van der Waals surface area contributed by atoms with Crippen molar-refractivity contribution in [1.82, 2.24) is 24.8 Å². The van der Waals surface area contributed by atoms with Crippen LogP contribution in [0.3, 0.4) is 0 Å². The highest BCUT2D eigenvalue weighted by Gasteiger charge is 2.52. The minimum Gasteiger partial charge on any atom is -0.461 e. The molecule has 0 saturated carbocycles. The fourth-order valence-electron chi connectivity index (χ4n) is 7.79. The summed E-state index contributed by atoms with van der Waals surface area (Å²) in [5.41, 5.74) is -0.236. The Morgan fingerprint density at radius 1 is 1.15 bits per heavy atom. The van der Waals surface area contributed by atoms with Crippen LogP contribution in [0.1, 0.15) is 65.0 Å². The molecule has 216 valence electrons. The molecular weight excluding hydrogens is 542 g/mol. The number of amides is 1. The molecule has 4 saturated heterocycles. The number of fused-ring (bicyclic) bond motifs is 6. The van der Waals surface area contributed by atoms with E-state index in [1.165, 1.54) is 0 Å². The van der Waals surface area contributed by atoms with Crippen molar-refractivity contribution < 1.29 is 23.0 Å². The molecule has 2 aromatic rings. The summed E-state index contributed by atoms with van der Waals surface area (Å²) in [6, 6.07) is -0.119. The average molecular weight is 577 g/mol. The van der Waals surface area contributed by atoms with Gasteiger partial charge in [0.25, 0.3) is 0 Å². The summed E-state index contributed by atoms with van der Waals surface area (Å²) in [5.74, 6) is -0.134. The van der Waals surface area contributed by atoms with Crippen LogP contribution in [0.25, 0.3) is 10.9 Å². The van der Waals surface area contributed by atoms with Crippen molar-refractivity contribution in [1.29, 1.82) is 0 Å². The van der Waals surface area contributed by atoms with Gasteiger partial charge in [0.2, 0.25) is 0 Å². The molecule has 5 aliphatic rings. The number of hydrogen-bond acceptors (Lipinski definition) is 8. The molecule has 2 aromatic heterocycles. The van der Waals surface area contributed by atoms with E-state index in [4.69, 9.17) is 26.1 Å². The predicted molar refractivity (Wildman–Crippen MR) is 145 cm³/mol. The zero-order valence-corrected chi connectivity index (χ0v) is 23.9. The predicted octanol–water partition coefficient (Wildman–Crippen LogP) is 4.68. The molecule has 0 N–H and O–H groups in total. The van der Waals surface area contributed by atoms with E-state index in [-0.39, 0.29) is 53.0 Å². The Morgan fingerprint density at radius 2 is 1.98 bits per heavy atom. The van der Waals surface area contributed by atoms with Gasteiger partial charge in [-0.15, -0.1) is 0 Å². The smallest absolute Gasteiger partial charge is 0.410 e. The Morgan fingerprint density at radius 3 is 2.77 bits per heavy atom. The van der Waals surface area contributed by atoms with Gasteiger partial charge in [0.05, 0.1) is 34.7 Å². The Kier molecular flexibility index (Phi) is 6.09. The van der Waals surface area contributed by atoms with Crippen molar-refractivity contribution in [2.24, 2.45) is 0 Å². The quantitative estimate of drug-likeness (QED) is 0.487. The Hall–Kier alpha value is -2.53. The molecule has 0 spiro atoms. The Bertz CT molecular complexity index is 1370. The molecule has 0 radical (unpaired) electrons. The summed E-state index contributed by atoms with van der Waals surface area (Å²) in [6.45, 7) is 7.66. The van der Waals surface area contributed by atoms with E-state index in [0.29, 0.717) is 49.2 Å². The van der Waals surface area contributed by atoms with Crippen LogP contribution >= 0.6 is 11.6 Å². The number of piperazine rings is 1. The number of alkyl halides is 1. The van der Waals surface area contributed by atoms with E-state index in [1.54, 1.807) is 0 Å². The first-order chi connectivity index (χ1) is 19.0. The van der Waals surface area contributed by atoms with E-state index in [0.717, 1.165) is 32.2 Å². The lowest BCUT2D eigenvalue weighted by Crippen LogP contribution is -2.62. The second kappa shape index (κ2) is 9.24. The largest absolute Gasteiger partial charge is 0.461 e. The monoisotopic (exact) mass is 576 g/mol. The fourth-order valence-corrected chi connectivity index (χ4v) is 7.98. The minimum atomic E-state index is -0.881. The maximum Gasteiger partial charge on any atom is 0.410 e. The number of anilines is 1. The second-order valence-corrected chi connectivity index (χ2v) is 13.4. The van der Waals surface area contributed by atoms with Crippen LogP contribution in [0.15, 0.2) is 0 Å². The van der Waals surface area contributed by atoms with Crippen molar-refractivity contribution in [3.8, 4) is 6.01 Å². The first-order valence-electron chi connectivity index (χ1n) is 14.4. The van der Waals surface area contributed by atoms with Gasteiger partial charge in [0.1, 0.15) is 29.7 Å². The lowest BCUT2D eigenvalue weighted by Gasteiger charge is -2.47. The molecule has 12 heteroatoms. The summed E-state index contributed by atoms with van der Waals surface area (Å²) in [7, 11) is 0. The third-order valence-electron chi connectivity index (χ3n) is 9.36. The number of carbonyl (C=O) groups excluding carboxylic acids is 1. The summed E-state index contributed by atoms with van der Waals surface area (Å²) in [4.78, 5) is 33.2. The highest BCUT2D eigenvalue weighted by Crippen LogP contribution is 2.45. The van der Waals surface area contributed by atoms with Crippen LogP contribution in [0.5, 0.6) is 6.01 Å². The van der Waals surface area contributed by atoms with Crippen molar-refractivity contribution in [2.45, 2.75) is 101 Å². The van der Waals surface area contributed by atoms with Crippen molar-refractivity contribution in [3.63, 3.8) is 0 Å². The van der Waals surface area contributed by atoms with Gasteiger partial charge in [-0.05, 0) is 65.8 Å². The minimum absolute atomic E-state index is 0.0527. The summed E-state index contributed by atoms with van der Waals surface area (Å²) in [6.07, 6.45) is 4.03. The van der Waals surface area contributed by atoms with Crippen LogP contribution in [0.2, 0.25) is 5.15 Å². The van der Waals surface area contributed by atoms with Gasteiger partial charge in [-0.2, -0.15) is 9.97 Å². The zero-order valence-electron chi connectivity index (χ0n) is 23.1. The van der Waals surface area contributed by atoms with Crippen molar-refractivity contribution >= 4 is 34.4 Å². The van der Waals surface area contributed by atoms with Gasteiger partial charge in [-0.25, -0.2) is 18.6 Å². The standard InChI is InChI=1S/C28H35ClF2N6O3/c1-27(2,3)40-26(38)37-16-5-7-19(37)18-8-6-17-20-22(21(31)23(29)32-17)33-25(34-24(20)36(18)13-16)39-14-28-9-4-10-35(28)12-15(30)11-28/h15-16,18-19H,4-14H2,1-3H3/t15-,16-,18-,19+,28+/m1/s1. The van der Waals surface area contributed by atoms with Gasteiger partial charge >= 0.3 is 12.1 Å². The van der Waals surface area contributed by atoms with Gasteiger partial charge in [-0.1, -0.05) is 11.6 Å². The molecule has 5 aliphatic heterocycles. The van der Waals surface area contributed by atoms with Crippen LogP contribution in [0.4, 0.5) is 19.4 Å². The van der Waals surface area contributed by atoms with Gasteiger partial charge in [0.15, 0.2) is 11.0 Å². The first-order valence-corrected chi connectivity index (χ1v) is 14.8. The molecule has 0 unspecified atom stereocenters. The van der Waals surface area contributed by atoms with Gasteiger partial charge < -0.3 is 14.4 Å². The van der Waals surface area contributed by atoms with E-state index in [1.807, 2.05) is 25.7 Å². The normalized spacial score (nSPS) is 31.4. The number of aromatic nitrogens is 3. The molecule has 7 rings (SSSR count). The lowest BCUT2D eigenvalue weighted by molar-refractivity contribution is 0.00721. The molecule has 5 atom stereocenters. The number of hydrogen-bond donors (Lipinski definition) is 0. The molecule has 2 bridgehead atoms. The van der Waals surface area contributed by atoms with Crippen LogP contribution in [-0.4, -0.2) is 92.5 Å². The zero-order chi connectivity index (χ0) is 28.0. The summed E-state index contributed by atoms with van der Waals surface area (Å²) in [5, 5.41) is 0.318. The molecule has 1 amide bonds. The SMILES string of the molecule is CC(C)(C)OC(=O)N1[C@@H]2CC[C@H]1[C@H]1CCc3nc(Cl)c(F)c4nc(OC[C@@]56CCCN5C[C@H](F)C6)nc(c34)N1C2. The van der Waals surface area contributed by atoms with E-state index < -0.39 is 17.6 Å². The molecule has 0 aliphatic carbocycles. The molecule has 7 heterocycles. The highest BCUT2D eigenvalue weighted by molar-refractivity contribution is 6.30. The highest BCUT2D eigenvalue weighted by atomic mass is 35.5. The number of halogens is 3. The topological polar surface area (TPSA) is 83.9 Å². The molecule has 0 aromatic carbocycles. The van der Waals surface area contributed by atoms with E-state index >= 15 is 4.39 Å². The number of aryl methyl sites for hydroxylation is 1. The average Bonchev–Trinajstić information content (AvgIpc) is 3.48. The number of carbonyl (C=O) groups is 1. The number of ether oxygens (including phenoxy) is 2. The summed E-state index contributed by atoms with van der Waals surface area (Å²) < 4.78 is 41.8. The number of rotatable bonds is 3. The maximum atomic E-state index is 15.5. The molecule has 4 fully saturated rings. The van der Waals surface area contributed by atoms with Crippen LogP contribution in [-0.2, 0) is 11.2 Å². The maximum absolute atomic E-state index is 15.5. The van der Waals surface area contributed by atoms with E-state index in [9.17, 15) is 9.18 Å². The van der Waals surface area contributed by atoms with Crippen LogP contribution < -0.4 is 9.64 Å². The molecular formula is C28H35ClF2N6O3. The second-order valence-electron chi connectivity index (χ2n) is 13.0. The molecule has 9 nitrogen and oxygen atoms in total. The third-order valence-corrected chi connectivity index (χ3v) is 9.61. The Balaban J connectivity index is 1.26. The Labute approximate surface area is 237 Å². The third kappa shape index (κ3) is 4.18. The van der Waals surface area contributed by atoms with Crippen LogP contribution in [0, 0.1) is 5.82 Å². The number of nitrogens with zero attached hydrogens (tertiary/aromatic N) is 6. The summed E-state index contributed by atoms with van der Waals surface area (Å²) >= 11 is 6.25. The lowest BCUT2D eigenvalue weighted by atomic mass is 9.95. The fraction of sp³-hybridized carbons (Fsp3) is 0.714. The van der Waals surface area contributed by atoms with Gasteiger partial charge in [-0.3, -0.25) is 9.80 Å². The number of pyridine rings is 1. The molecule has 40 heavy (non-hydrogen) atoms. The first kappa shape index (κ1) is 26.4. The van der Waals surface area contributed by atoms with Crippen molar-refractivity contribution in [3.05, 3.63) is 16.7 Å². The van der Waals surface area contributed by atoms with E-state index in [2.05, 4.69) is 19.8 Å². The van der Waals surface area contributed by atoms with Gasteiger partial charge in [0, 0.05) is 19.5 Å². The van der Waals surface area contributed by atoms with Crippen molar-refractivity contribution in [2.75, 3.05) is 31.1 Å².